The highest BCUT2D eigenvalue weighted by Crippen LogP contribution is 2.40. The van der Waals surface area contributed by atoms with Crippen molar-refractivity contribution in [2.75, 3.05) is 13.7 Å². The number of ether oxygens (including phenoxy) is 3. The topological polar surface area (TPSA) is 114 Å². The Morgan fingerprint density at radius 3 is 2.37 bits per heavy atom. The Balaban J connectivity index is 1.96. The molecule has 2 saturated heterocycles. The fourth-order valence-corrected chi connectivity index (χ4v) is 5.36. The van der Waals surface area contributed by atoms with Crippen LogP contribution in [0.4, 0.5) is 0 Å². The summed E-state index contributed by atoms with van der Waals surface area (Å²) in [7, 11) is -2.55. The second kappa shape index (κ2) is 7.36. The monoisotopic (exact) mass is 400 g/mol. The van der Waals surface area contributed by atoms with Gasteiger partial charge in [-0.2, -0.15) is 4.31 Å². The zero-order valence-electron chi connectivity index (χ0n) is 15.4. The third kappa shape index (κ3) is 3.81. The van der Waals surface area contributed by atoms with Crippen molar-refractivity contribution in [3.8, 4) is 5.75 Å². The fraction of sp³-hybridized carbons (Fsp3) is 0.588. The van der Waals surface area contributed by atoms with Crippen LogP contribution in [0.15, 0.2) is 29.2 Å². The van der Waals surface area contributed by atoms with E-state index in [0.717, 1.165) is 4.31 Å². The van der Waals surface area contributed by atoms with Crippen molar-refractivity contribution in [1.29, 1.82) is 0 Å². The Hall–Kier alpha value is -1.72. The first-order chi connectivity index (χ1) is 12.7. The van der Waals surface area contributed by atoms with E-state index in [-0.39, 0.29) is 30.1 Å². The van der Waals surface area contributed by atoms with Crippen LogP contribution in [0.3, 0.4) is 0 Å². The third-order valence-electron chi connectivity index (χ3n) is 4.82. The number of benzene rings is 1. The fourth-order valence-electron chi connectivity index (χ4n) is 3.74. The molecule has 0 bridgehead atoms. The molecule has 0 aliphatic carbocycles. The van der Waals surface area contributed by atoms with Gasteiger partial charge in [0.15, 0.2) is 5.79 Å². The molecule has 150 valence electrons. The molecular formula is C17H24N2O7S. The van der Waals surface area contributed by atoms with Crippen molar-refractivity contribution >= 4 is 15.9 Å². The molecular weight excluding hydrogens is 376 g/mol. The van der Waals surface area contributed by atoms with Crippen LogP contribution in [-0.4, -0.2) is 61.5 Å². The number of sulfonamides is 1. The number of methoxy groups -OCH3 is 1. The molecule has 3 rings (SSSR count). The zero-order chi connectivity index (χ0) is 19.8. The maximum Gasteiger partial charge on any atom is 0.261 e. The number of rotatable bonds is 4. The van der Waals surface area contributed by atoms with Crippen LogP contribution in [0.25, 0.3) is 0 Å². The molecule has 0 radical (unpaired) electrons. The summed E-state index contributed by atoms with van der Waals surface area (Å²) in [5.41, 5.74) is 1.55. The lowest BCUT2D eigenvalue weighted by Gasteiger charge is -2.40. The van der Waals surface area contributed by atoms with Crippen molar-refractivity contribution in [2.45, 2.75) is 55.6 Å². The molecule has 0 saturated carbocycles. The highest BCUT2D eigenvalue weighted by atomic mass is 32.2. The van der Waals surface area contributed by atoms with Gasteiger partial charge in [-0.1, -0.05) is 0 Å². The Morgan fingerprint density at radius 1 is 1.26 bits per heavy atom. The van der Waals surface area contributed by atoms with E-state index in [0.29, 0.717) is 12.2 Å². The summed E-state index contributed by atoms with van der Waals surface area (Å²) in [4.78, 5) is 12.2. The molecule has 2 aliphatic heterocycles. The maximum atomic E-state index is 13.2. The number of amides is 1. The molecule has 9 nitrogen and oxygen atoms in total. The van der Waals surface area contributed by atoms with E-state index in [9.17, 15) is 13.2 Å². The van der Waals surface area contributed by atoms with Crippen LogP contribution in [0, 0.1) is 0 Å². The Morgan fingerprint density at radius 2 is 1.85 bits per heavy atom. The van der Waals surface area contributed by atoms with Gasteiger partial charge in [0, 0.05) is 6.42 Å². The molecule has 0 aromatic heterocycles. The molecule has 2 aliphatic rings. The van der Waals surface area contributed by atoms with Gasteiger partial charge in [0.05, 0.1) is 30.8 Å². The zero-order valence-corrected chi connectivity index (χ0v) is 16.2. The highest BCUT2D eigenvalue weighted by Gasteiger charge is 2.56. The van der Waals surface area contributed by atoms with Crippen LogP contribution in [0.5, 0.6) is 5.75 Å². The molecule has 27 heavy (non-hydrogen) atoms. The number of carbonyl (C=O) groups excluding carboxylic acids is 1. The van der Waals surface area contributed by atoms with Gasteiger partial charge < -0.3 is 14.2 Å². The Labute approximate surface area is 158 Å². The minimum absolute atomic E-state index is 0.00740. The number of nitrogens with zero attached hydrogens (tertiary/aromatic N) is 1. The Bertz CT molecular complexity index is 786. The average molecular weight is 400 g/mol. The van der Waals surface area contributed by atoms with Gasteiger partial charge in [-0.15, -0.1) is 0 Å². The van der Waals surface area contributed by atoms with Crippen LogP contribution in [0.1, 0.15) is 26.7 Å². The molecule has 1 aromatic carbocycles. The molecule has 2 unspecified atom stereocenters. The van der Waals surface area contributed by atoms with Crippen LogP contribution in [0.2, 0.25) is 0 Å². The predicted octanol–water partition coefficient (Wildman–Crippen LogP) is 0.874. The summed E-state index contributed by atoms with van der Waals surface area (Å²) in [5, 5.41) is 9.09. The van der Waals surface area contributed by atoms with E-state index < -0.39 is 27.8 Å². The lowest BCUT2D eigenvalue weighted by molar-refractivity contribution is -0.302. The molecule has 1 amide bonds. The standard InChI is InChI=1S/C17H24N2O7S/c1-11-8-12(2)26-17(25-11)9-15(16(20)18-21)19(10-17)27(22,23)14-6-4-13(24-3)5-7-14/h4-7,11-12,15,21H,8-10H2,1-3H3,(H,18,20)/t11-,12?,15-,17?/m1/s1. The van der Waals surface area contributed by atoms with Crippen LogP contribution < -0.4 is 10.2 Å². The molecule has 2 heterocycles. The van der Waals surface area contributed by atoms with E-state index in [2.05, 4.69) is 0 Å². The summed E-state index contributed by atoms with van der Waals surface area (Å²) in [6.07, 6.45) is 0.373. The number of hydrogen-bond acceptors (Lipinski definition) is 7. The van der Waals surface area contributed by atoms with Crippen molar-refractivity contribution in [3.05, 3.63) is 24.3 Å². The average Bonchev–Trinajstić information content (AvgIpc) is 2.99. The second-order valence-corrected chi connectivity index (χ2v) is 8.82. The van der Waals surface area contributed by atoms with Gasteiger partial charge in [0.2, 0.25) is 10.0 Å². The highest BCUT2D eigenvalue weighted by molar-refractivity contribution is 7.89. The van der Waals surface area contributed by atoms with E-state index in [1.165, 1.54) is 31.4 Å². The normalized spacial score (nSPS) is 31.8. The SMILES string of the molecule is COc1ccc(S(=O)(=O)N2CC3(C[C@@H]2C(=O)NO)OC(C)C[C@@H](C)O3)cc1. The van der Waals surface area contributed by atoms with Gasteiger partial charge in [-0.3, -0.25) is 10.0 Å². The van der Waals surface area contributed by atoms with Crippen molar-refractivity contribution < 1.29 is 32.6 Å². The van der Waals surface area contributed by atoms with Crippen molar-refractivity contribution in [2.24, 2.45) is 0 Å². The first kappa shape index (κ1) is 20.0. The summed E-state index contributed by atoms with van der Waals surface area (Å²) < 4.78 is 44.2. The van der Waals surface area contributed by atoms with E-state index >= 15 is 0 Å². The number of hydroxylamine groups is 1. The molecule has 2 fully saturated rings. The van der Waals surface area contributed by atoms with E-state index in [4.69, 9.17) is 19.4 Å². The first-order valence-electron chi connectivity index (χ1n) is 8.66. The lowest BCUT2D eigenvalue weighted by atomic mass is 10.1. The second-order valence-electron chi connectivity index (χ2n) is 6.93. The quantitative estimate of drug-likeness (QED) is 0.569. The van der Waals surface area contributed by atoms with Crippen molar-refractivity contribution in [3.63, 3.8) is 0 Å². The lowest BCUT2D eigenvalue weighted by Crippen LogP contribution is -2.49. The molecule has 2 N–H and O–H groups in total. The van der Waals surface area contributed by atoms with Gasteiger partial charge in [-0.25, -0.2) is 13.9 Å². The number of nitrogens with one attached hydrogen (secondary N) is 1. The van der Waals surface area contributed by atoms with Crippen LogP contribution >= 0.6 is 0 Å². The minimum atomic E-state index is -4.03. The minimum Gasteiger partial charge on any atom is -0.497 e. The van der Waals surface area contributed by atoms with Gasteiger partial charge >= 0.3 is 0 Å². The summed E-state index contributed by atoms with van der Waals surface area (Å²) in [6, 6.07) is 4.71. The van der Waals surface area contributed by atoms with Gasteiger partial charge in [0.1, 0.15) is 11.8 Å². The van der Waals surface area contributed by atoms with E-state index in [1.54, 1.807) is 5.48 Å². The Kier molecular flexibility index (Phi) is 5.46. The summed E-state index contributed by atoms with van der Waals surface area (Å²) in [5.74, 6) is -1.55. The number of carbonyl (C=O) groups is 1. The smallest absolute Gasteiger partial charge is 0.261 e. The predicted molar refractivity (Wildman–Crippen MR) is 93.7 cm³/mol. The van der Waals surface area contributed by atoms with Gasteiger partial charge in [-0.05, 0) is 44.5 Å². The third-order valence-corrected chi connectivity index (χ3v) is 6.69. The number of hydrogen-bond donors (Lipinski definition) is 2. The first-order valence-corrected chi connectivity index (χ1v) is 10.1. The van der Waals surface area contributed by atoms with Crippen molar-refractivity contribution in [1.82, 2.24) is 9.79 Å². The summed E-state index contributed by atoms with van der Waals surface area (Å²) in [6.45, 7) is 3.61. The maximum absolute atomic E-state index is 13.2. The summed E-state index contributed by atoms with van der Waals surface area (Å²) >= 11 is 0. The molecule has 1 spiro atoms. The van der Waals surface area contributed by atoms with E-state index in [1.807, 2.05) is 13.8 Å². The molecule has 10 heteroatoms. The van der Waals surface area contributed by atoms with Crippen LogP contribution in [-0.2, 0) is 24.3 Å². The molecule has 4 atom stereocenters. The largest absolute Gasteiger partial charge is 0.497 e. The van der Waals surface area contributed by atoms with Gasteiger partial charge in [0.25, 0.3) is 5.91 Å². The molecule has 1 aromatic rings.